The molecule has 0 N–H and O–H groups in total. The van der Waals surface area contributed by atoms with Crippen molar-refractivity contribution in [3.05, 3.63) is 65.2 Å². The Morgan fingerprint density at radius 2 is 1.75 bits per heavy atom. The Balaban J connectivity index is 2.29. The van der Waals surface area contributed by atoms with E-state index in [4.69, 9.17) is 4.74 Å². The van der Waals surface area contributed by atoms with E-state index >= 15 is 0 Å². The van der Waals surface area contributed by atoms with Crippen LogP contribution in [-0.2, 0) is 0 Å². The van der Waals surface area contributed by atoms with Gasteiger partial charge in [-0.15, -0.1) is 0 Å². The predicted molar refractivity (Wildman–Crippen MR) is 88.9 cm³/mol. The van der Waals surface area contributed by atoms with Gasteiger partial charge in [-0.25, -0.2) is 0 Å². The Bertz CT molecular complexity index is 551. The number of aryl methyl sites for hydroxylation is 1. The van der Waals surface area contributed by atoms with E-state index in [1.165, 1.54) is 16.7 Å². The standard InChI is InChI=1S/C18H21BrO/c1-4-16(14-8-6-5-7-9-14)18(19)15-10-11-17(20-3)13(2)12-15/h5-12,16,18H,4H2,1-3H3. The number of hydrogen-bond acceptors (Lipinski definition) is 1. The third-order valence-electron chi connectivity index (χ3n) is 3.76. The van der Waals surface area contributed by atoms with Crippen molar-refractivity contribution >= 4 is 15.9 Å². The summed E-state index contributed by atoms with van der Waals surface area (Å²) in [5, 5.41) is 0. The lowest BCUT2D eigenvalue weighted by Gasteiger charge is -2.23. The zero-order valence-corrected chi connectivity index (χ0v) is 13.9. The first-order valence-electron chi connectivity index (χ1n) is 7.01. The van der Waals surface area contributed by atoms with Crippen LogP contribution < -0.4 is 4.74 Å². The van der Waals surface area contributed by atoms with Gasteiger partial charge >= 0.3 is 0 Å². The second kappa shape index (κ2) is 6.94. The Labute approximate surface area is 130 Å². The largest absolute Gasteiger partial charge is 0.496 e. The number of hydrogen-bond donors (Lipinski definition) is 0. The molecule has 2 rings (SSSR count). The lowest BCUT2D eigenvalue weighted by molar-refractivity contribution is 0.411. The molecule has 0 heterocycles. The maximum atomic E-state index is 5.34. The molecule has 20 heavy (non-hydrogen) atoms. The first kappa shape index (κ1) is 15.1. The molecule has 2 heteroatoms. The van der Waals surface area contributed by atoms with Crippen molar-refractivity contribution in [2.75, 3.05) is 7.11 Å². The monoisotopic (exact) mass is 332 g/mol. The molecule has 0 amide bonds. The van der Waals surface area contributed by atoms with Crippen LogP contribution in [0.15, 0.2) is 48.5 Å². The van der Waals surface area contributed by atoms with E-state index in [0.717, 1.165) is 12.2 Å². The molecule has 0 aliphatic carbocycles. The van der Waals surface area contributed by atoms with Crippen LogP contribution in [0.4, 0.5) is 0 Å². The second-order valence-electron chi connectivity index (χ2n) is 5.06. The minimum absolute atomic E-state index is 0.319. The van der Waals surface area contributed by atoms with Crippen molar-refractivity contribution < 1.29 is 4.74 Å². The van der Waals surface area contributed by atoms with Crippen molar-refractivity contribution in [3.63, 3.8) is 0 Å². The van der Waals surface area contributed by atoms with Gasteiger partial charge in [0.2, 0.25) is 0 Å². The van der Waals surface area contributed by atoms with Gasteiger partial charge in [0, 0.05) is 10.7 Å². The summed E-state index contributed by atoms with van der Waals surface area (Å²) in [6, 6.07) is 17.1. The molecule has 0 spiro atoms. The Morgan fingerprint density at radius 1 is 1.05 bits per heavy atom. The summed E-state index contributed by atoms with van der Waals surface area (Å²) in [5.41, 5.74) is 3.86. The number of ether oxygens (including phenoxy) is 1. The summed E-state index contributed by atoms with van der Waals surface area (Å²) in [4.78, 5) is 0.319. The highest BCUT2D eigenvalue weighted by Gasteiger charge is 2.21. The van der Waals surface area contributed by atoms with Crippen LogP contribution in [0.5, 0.6) is 5.75 Å². The topological polar surface area (TPSA) is 9.23 Å². The fourth-order valence-corrected chi connectivity index (χ4v) is 3.58. The van der Waals surface area contributed by atoms with Crippen molar-refractivity contribution in [3.8, 4) is 5.75 Å². The van der Waals surface area contributed by atoms with Crippen molar-refractivity contribution in [2.24, 2.45) is 0 Å². The first-order chi connectivity index (χ1) is 9.67. The van der Waals surface area contributed by atoms with Crippen LogP contribution in [0.1, 0.15) is 40.8 Å². The van der Waals surface area contributed by atoms with Crippen LogP contribution in [0.3, 0.4) is 0 Å². The highest BCUT2D eigenvalue weighted by molar-refractivity contribution is 9.09. The molecule has 2 atom stereocenters. The molecule has 0 bridgehead atoms. The normalized spacial score (nSPS) is 13.8. The molecule has 0 aromatic heterocycles. The zero-order chi connectivity index (χ0) is 14.5. The van der Waals surface area contributed by atoms with Gasteiger partial charge in [0.1, 0.15) is 5.75 Å². The van der Waals surface area contributed by atoms with E-state index in [1.807, 2.05) is 0 Å². The molecule has 0 aliphatic heterocycles. The molecule has 2 aromatic rings. The van der Waals surface area contributed by atoms with Gasteiger partial charge in [-0.05, 0) is 36.1 Å². The molecule has 0 fully saturated rings. The molecular formula is C18H21BrO. The van der Waals surface area contributed by atoms with Gasteiger partial charge in [0.05, 0.1) is 7.11 Å². The van der Waals surface area contributed by atoms with Gasteiger partial charge in [-0.1, -0.05) is 65.3 Å². The maximum absolute atomic E-state index is 5.34. The van der Waals surface area contributed by atoms with E-state index in [1.54, 1.807) is 7.11 Å². The van der Waals surface area contributed by atoms with Gasteiger partial charge in [0.15, 0.2) is 0 Å². The van der Waals surface area contributed by atoms with Gasteiger partial charge in [-0.3, -0.25) is 0 Å². The van der Waals surface area contributed by atoms with Gasteiger partial charge in [-0.2, -0.15) is 0 Å². The average molecular weight is 333 g/mol. The predicted octanol–water partition coefficient (Wildman–Crippen LogP) is 5.63. The molecule has 0 aliphatic rings. The highest BCUT2D eigenvalue weighted by atomic mass is 79.9. The molecule has 0 radical (unpaired) electrons. The Hall–Kier alpha value is -1.28. The second-order valence-corrected chi connectivity index (χ2v) is 6.04. The van der Waals surface area contributed by atoms with Gasteiger partial charge in [0.25, 0.3) is 0 Å². The Kier molecular flexibility index (Phi) is 5.24. The number of alkyl halides is 1. The lowest BCUT2D eigenvalue weighted by Crippen LogP contribution is -2.05. The minimum Gasteiger partial charge on any atom is -0.496 e. The van der Waals surface area contributed by atoms with Crippen LogP contribution in [0.2, 0.25) is 0 Å². The van der Waals surface area contributed by atoms with E-state index in [0.29, 0.717) is 10.7 Å². The SMILES string of the molecule is CCC(c1ccccc1)C(Br)c1ccc(OC)c(C)c1. The molecule has 2 unspecified atom stereocenters. The van der Waals surface area contributed by atoms with Crippen molar-refractivity contribution in [1.82, 2.24) is 0 Å². The first-order valence-corrected chi connectivity index (χ1v) is 7.92. The fourth-order valence-electron chi connectivity index (χ4n) is 2.62. The quantitative estimate of drug-likeness (QED) is 0.644. The zero-order valence-electron chi connectivity index (χ0n) is 12.3. The smallest absolute Gasteiger partial charge is 0.121 e. The summed E-state index contributed by atoms with van der Waals surface area (Å²) < 4.78 is 5.34. The number of rotatable bonds is 5. The highest BCUT2D eigenvalue weighted by Crippen LogP contribution is 2.41. The molecule has 106 valence electrons. The van der Waals surface area contributed by atoms with Crippen LogP contribution in [0, 0.1) is 6.92 Å². The lowest BCUT2D eigenvalue weighted by atomic mass is 9.89. The van der Waals surface area contributed by atoms with E-state index in [9.17, 15) is 0 Å². The molecule has 1 nitrogen and oxygen atoms in total. The van der Waals surface area contributed by atoms with Crippen molar-refractivity contribution in [2.45, 2.75) is 31.0 Å². The van der Waals surface area contributed by atoms with Gasteiger partial charge < -0.3 is 4.74 Å². The molecular weight excluding hydrogens is 312 g/mol. The fraction of sp³-hybridized carbons (Fsp3) is 0.333. The summed E-state index contributed by atoms with van der Waals surface area (Å²) >= 11 is 3.89. The summed E-state index contributed by atoms with van der Waals surface area (Å²) in [5.74, 6) is 1.42. The summed E-state index contributed by atoms with van der Waals surface area (Å²) in [6.45, 7) is 4.33. The summed E-state index contributed by atoms with van der Waals surface area (Å²) in [7, 11) is 1.71. The molecule has 0 saturated heterocycles. The molecule has 0 saturated carbocycles. The van der Waals surface area contributed by atoms with Crippen LogP contribution >= 0.6 is 15.9 Å². The number of benzene rings is 2. The van der Waals surface area contributed by atoms with Crippen LogP contribution in [-0.4, -0.2) is 7.11 Å². The average Bonchev–Trinajstić information content (AvgIpc) is 2.49. The van der Waals surface area contributed by atoms with E-state index < -0.39 is 0 Å². The third-order valence-corrected chi connectivity index (χ3v) is 4.92. The Morgan fingerprint density at radius 3 is 2.30 bits per heavy atom. The van der Waals surface area contributed by atoms with E-state index in [-0.39, 0.29) is 0 Å². The van der Waals surface area contributed by atoms with E-state index in [2.05, 4.69) is 78.3 Å². The van der Waals surface area contributed by atoms with Crippen LogP contribution in [0.25, 0.3) is 0 Å². The minimum atomic E-state index is 0.319. The number of methoxy groups -OCH3 is 1. The number of halogens is 1. The maximum Gasteiger partial charge on any atom is 0.121 e. The molecule has 2 aromatic carbocycles. The summed E-state index contributed by atoms with van der Waals surface area (Å²) in [6.07, 6.45) is 1.10. The van der Waals surface area contributed by atoms with Crippen molar-refractivity contribution in [1.29, 1.82) is 0 Å². The third kappa shape index (κ3) is 3.24.